The lowest BCUT2D eigenvalue weighted by Gasteiger charge is -2.11. The van der Waals surface area contributed by atoms with Gasteiger partial charge in [-0.05, 0) is 30.4 Å². The van der Waals surface area contributed by atoms with Gasteiger partial charge in [0.15, 0.2) is 0 Å². The maximum Gasteiger partial charge on any atom is 0.338 e. The summed E-state index contributed by atoms with van der Waals surface area (Å²) in [6.07, 6.45) is 3.84. The van der Waals surface area contributed by atoms with E-state index in [1.807, 2.05) is 0 Å². The van der Waals surface area contributed by atoms with Gasteiger partial charge < -0.3 is 4.74 Å². The summed E-state index contributed by atoms with van der Waals surface area (Å²) >= 11 is 0. The summed E-state index contributed by atoms with van der Waals surface area (Å²) in [5, 5.41) is 10.8. The molecule has 0 heterocycles. The Labute approximate surface area is 124 Å². The molecule has 0 amide bonds. The number of nitrogens with zero attached hydrogens (tertiary/aromatic N) is 1. The monoisotopic (exact) mass is 291 g/mol. The molecule has 0 saturated carbocycles. The summed E-state index contributed by atoms with van der Waals surface area (Å²) in [7, 11) is 0. The van der Waals surface area contributed by atoms with E-state index in [0.717, 1.165) is 12.8 Å². The molecule has 5 nitrogen and oxygen atoms in total. The Morgan fingerprint density at radius 2 is 2.24 bits per heavy atom. The van der Waals surface area contributed by atoms with Crippen molar-refractivity contribution in [1.29, 1.82) is 0 Å². The largest absolute Gasteiger partial charge is 0.462 e. The van der Waals surface area contributed by atoms with Gasteiger partial charge in [0, 0.05) is 12.1 Å². The molecule has 0 aliphatic heterocycles. The average Bonchev–Trinajstić information content (AvgIpc) is 2.47. The highest BCUT2D eigenvalue weighted by molar-refractivity contribution is 5.91. The zero-order valence-electron chi connectivity index (χ0n) is 12.5. The predicted molar refractivity (Wildman–Crippen MR) is 81.4 cm³/mol. The van der Waals surface area contributed by atoms with Crippen LogP contribution in [0.5, 0.6) is 0 Å². The van der Waals surface area contributed by atoms with Crippen LogP contribution in [0, 0.1) is 16.0 Å². The fraction of sp³-hybridized carbons (Fsp3) is 0.438. The van der Waals surface area contributed by atoms with Gasteiger partial charge in [0.2, 0.25) is 0 Å². The molecule has 0 radical (unpaired) electrons. The van der Waals surface area contributed by atoms with Crippen molar-refractivity contribution in [3.05, 3.63) is 52.1 Å². The minimum Gasteiger partial charge on any atom is -0.462 e. The van der Waals surface area contributed by atoms with Gasteiger partial charge in [-0.15, -0.1) is 6.58 Å². The van der Waals surface area contributed by atoms with Crippen LogP contribution in [0.15, 0.2) is 30.9 Å². The smallest absolute Gasteiger partial charge is 0.338 e. The van der Waals surface area contributed by atoms with Crippen molar-refractivity contribution in [2.24, 2.45) is 5.92 Å². The van der Waals surface area contributed by atoms with Gasteiger partial charge >= 0.3 is 5.97 Å². The molecule has 114 valence electrons. The molecule has 0 saturated heterocycles. The maximum absolute atomic E-state index is 12.1. The number of hydrogen-bond donors (Lipinski definition) is 0. The molecule has 0 bridgehead atoms. The van der Waals surface area contributed by atoms with Gasteiger partial charge in [-0.1, -0.05) is 26.3 Å². The number of carbonyl (C=O) groups is 1. The standard InChI is InChI=1S/C16H21NO4/c1-4-6-13-11-14(17(19)20)7-8-15(13)16(18)21-10-9-12(3)5-2/h4,7-8,11-12H,1,5-6,9-10H2,2-3H3. The van der Waals surface area contributed by atoms with Gasteiger partial charge in [-0.3, -0.25) is 10.1 Å². The molecule has 1 atom stereocenters. The first-order valence-electron chi connectivity index (χ1n) is 7.04. The highest BCUT2D eigenvalue weighted by Crippen LogP contribution is 2.20. The summed E-state index contributed by atoms with van der Waals surface area (Å²) in [6, 6.07) is 4.16. The molecule has 0 spiro atoms. The van der Waals surface area contributed by atoms with Crippen molar-refractivity contribution in [3.8, 4) is 0 Å². The minimum atomic E-state index is -0.482. The molecule has 1 aromatic rings. The van der Waals surface area contributed by atoms with Crippen molar-refractivity contribution in [3.63, 3.8) is 0 Å². The van der Waals surface area contributed by atoms with Gasteiger partial charge in [0.1, 0.15) is 0 Å². The van der Waals surface area contributed by atoms with Gasteiger partial charge in [0.05, 0.1) is 17.1 Å². The predicted octanol–water partition coefficient (Wildman–Crippen LogP) is 3.92. The highest BCUT2D eigenvalue weighted by Gasteiger charge is 2.16. The highest BCUT2D eigenvalue weighted by atomic mass is 16.6. The molecule has 21 heavy (non-hydrogen) atoms. The number of benzene rings is 1. The zero-order valence-corrected chi connectivity index (χ0v) is 12.5. The molecule has 0 fully saturated rings. The van der Waals surface area contributed by atoms with Crippen LogP contribution in [0.3, 0.4) is 0 Å². The molecule has 0 aromatic heterocycles. The Balaban J connectivity index is 2.82. The van der Waals surface area contributed by atoms with E-state index in [4.69, 9.17) is 4.74 Å². The van der Waals surface area contributed by atoms with Crippen LogP contribution in [0.2, 0.25) is 0 Å². The summed E-state index contributed by atoms with van der Waals surface area (Å²) in [4.78, 5) is 22.4. The third-order valence-electron chi connectivity index (χ3n) is 3.42. The third-order valence-corrected chi connectivity index (χ3v) is 3.42. The second kappa shape index (κ2) is 8.19. The quantitative estimate of drug-likeness (QED) is 0.315. The van der Waals surface area contributed by atoms with Crippen LogP contribution >= 0.6 is 0 Å². The number of allylic oxidation sites excluding steroid dienone is 1. The number of nitro benzene ring substituents is 1. The summed E-state index contributed by atoms with van der Waals surface area (Å²) in [5.74, 6) is 0.0624. The molecular weight excluding hydrogens is 270 g/mol. The van der Waals surface area contributed by atoms with Crippen LogP contribution < -0.4 is 0 Å². The van der Waals surface area contributed by atoms with Crippen LogP contribution in [0.1, 0.15) is 42.6 Å². The summed E-state index contributed by atoms with van der Waals surface area (Å²) in [6.45, 7) is 8.15. The molecule has 1 rings (SSSR count). The molecule has 5 heteroatoms. The SMILES string of the molecule is C=CCc1cc([N+](=O)[O-])ccc1C(=O)OCCC(C)CC. The van der Waals surface area contributed by atoms with E-state index >= 15 is 0 Å². The number of carbonyl (C=O) groups excluding carboxylic acids is 1. The normalized spacial score (nSPS) is 11.7. The van der Waals surface area contributed by atoms with E-state index in [-0.39, 0.29) is 5.69 Å². The Morgan fingerprint density at radius 3 is 2.81 bits per heavy atom. The third kappa shape index (κ3) is 5.02. The van der Waals surface area contributed by atoms with E-state index in [1.54, 1.807) is 6.08 Å². The topological polar surface area (TPSA) is 69.4 Å². The van der Waals surface area contributed by atoms with Gasteiger partial charge in [-0.2, -0.15) is 0 Å². The molecular formula is C16H21NO4. The van der Waals surface area contributed by atoms with Crippen LogP contribution in [0.4, 0.5) is 5.69 Å². The van der Waals surface area contributed by atoms with E-state index < -0.39 is 10.9 Å². The van der Waals surface area contributed by atoms with Crippen LogP contribution in [0.25, 0.3) is 0 Å². The number of non-ortho nitro benzene ring substituents is 1. The van der Waals surface area contributed by atoms with Crippen molar-refractivity contribution in [2.75, 3.05) is 6.61 Å². The van der Waals surface area contributed by atoms with Gasteiger partial charge in [-0.25, -0.2) is 4.79 Å². The lowest BCUT2D eigenvalue weighted by molar-refractivity contribution is -0.384. The Morgan fingerprint density at radius 1 is 1.52 bits per heavy atom. The molecule has 1 aromatic carbocycles. The Hall–Kier alpha value is -2.17. The minimum absolute atomic E-state index is 0.0389. The summed E-state index contributed by atoms with van der Waals surface area (Å²) < 4.78 is 5.24. The fourth-order valence-electron chi connectivity index (χ4n) is 1.85. The van der Waals surface area contributed by atoms with Crippen molar-refractivity contribution >= 4 is 11.7 Å². The van der Waals surface area contributed by atoms with E-state index in [0.29, 0.717) is 30.1 Å². The van der Waals surface area contributed by atoms with Crippen molar-refractivity contribution in [2.45, 2.75) is 33.1 Å². The van der Waals surface area contributed by atoms with Crippen molar-refractivity contribution < 1.29 is 14.5 Å². The van der Waals surface area contributed by atoms with Gasteiger partial charge in [0.25, 0.3) is 5.69 Å². The van der Waals surface area contributed by atoms with Crippen molar-refractivity contribution in [1.82, 2.24) is 0 Å². The van der Waals surface area contributed by atoms with Crippen LogP contribution in [-0.2, 0) is 11.2 Å². The lowest BCUT2D eigenvalue weighted by atomic mass is 10.0. The second-order valence-corrected chi connectivity index (χ2v) is 5.03. The number of ether oxygens (including phenoxy) is 1. The summed E-state index contributed by atoms with van der Waals surface area (Å²) in [5.41, 5.74) is 0.889. The Kier molecular flexibility index (Phi) is 6.59. The Bertz CT molecular complexity index is 525. The maximum atomic E-state index is 12.1. The first-order valence-corrected chi connectivity index (χ1v) is 7.04. The number of hydrogen-bond acceptors (Lipinski definition) is 4. The zero-order chi connectivity index (χ0) is 15.8. The molecule has 1 unspecified atom stereocenters. The molecule has 0 N–H and O–H groups in total. The van der Waals surface area contributed by atoms with E-state index in [1.165, 1.54) is 18.2 Å². The van der Waals surface area contributed by atoms with E-state index in [2.05, 4.69) is 20.4 Å². The number of rotatable bonds is 8. The lowest BCUT2D eigenvalue weighted by Crippen LogP contribution is -2.11. The molecule has 0 aliphatic carbocycles. The second-order valence-electron chi connectivity index (χ2n) is 5.03. The fourth-order valence-corrected chi connectivity index (χ4v) is 1.85. The number of esters is 1. The average molecular weight is 291 g/mol. The first kappa shape index (κ1) is 16.9. The van der Waals surface area contributed by atoms with Crippen LogP contribution in [-0.4, -0.2) is 17.5 Å². The first-order chi connectivity index (χ1) is 9.99. The molecule has 0 aliphatic rings. The van der Waals surface area contributed by atoms with E-state index in [9.17, 15) is 14.9 Å². The number of nitro groups is 1.